The Kier molecular flexibility index (Phi) is 23.5. The molecule has 2 bridgehead atoms. The number of aliphatic hydroxyl groups is 3. The van der Waals surface area contributed by atoms with Crippen LogP contribution in [0.5, 0.6) is 0 Å². The van der Waals surface area contributed by atoms with E-state index in [2.05, 4.69) is 12.2 Å². The summed E-state index contributed by atoms with van der Waals surface area (Å²) < 4.78 is 81.4. The van der Waals surface area contributed by atoms with Crippen molar-refractivity contribution >= 4 is 30.1 Å². The van der Waals surface area contributed by atoms with Crippen molar-refractivity contribution in [2.24, 2.45) is 40.9 Å². The predicted octanol–water partition coefficient (Wildman–Crippen LogP) is 2.17. The summed E-state index contributed by atoms with van der Waals surface area (Å²) in [6.45, 7) is 20.9. The van der Waals surface area contributed by atoms with Crippen LogP contribution in [0.1, 0.15) is 147 Å². The molecule has 4 N–H and O–H groups in total. The van der Waals surface area contributed by atoms with Crippen molar-refractivity contribution in [3.63, 3.8) is 0 Å². The summed E-state index contributed by atoms with van der Waals surface area (Å²) in [5.74, 6) is -7.10. The van der Waals surface area contributed by atoms with E-state index in [0.717, 1.165) is 7.11 Å². The molecule has 0 aromatic heterocycles. The number of fused-ring (bicyclic) bond motifs is 4. The summed E-state index contributed by atoms with van der Waals surface area (Å²) >= 11 is 0. The number of nitrogens with one attached hydrogen (secondary N) is 1. The topological polar surface area (TPSA) is 344 Å². The summed E-state index contributed by atoms with van der Waals surface area (Å²) in [5.41, 5.74) is -5.26. The predicted molar refractivity (Wildman–Crippen MR) is 323 cm³/mol. The molecule has 10 aliphatic rings. The fourth-order valence-electron chi connectivity index (χ4n) is 16.9. The van der Waals surface area contributed by atoms with E-state index >= 15 is 9.90 Å². The maximum atomic E-state index is 16.1. The normalized spacial score (nSPS) is 46.9. The standard InChI is InChI=1S/C67H96N2O24.Na/c1-30-14-18-47(88-54-28-65(11,69(79)80)60(38(9)86-54)68-64(78)81-13)31(2)23-43-45(73)24-40(29-70)27-67(43)62(76)55(63(77)93-67)61(75)66(12)42(30)16-15-41-56(66)32(3)22-33(4)57(41)92-53-26-49(59(37(8)85-53)87-39(10)71)90-50-21-19-48(35(6)83-50)89-52-25-46(74)58(36(7)84-52)91-51-20-17-44(72)34(5)82-51;/h14-16,23-24,29,32-38,41-54,56-60,72-75H,17-22,25-28H2,1-13H3,(H,68,78);/q;+1/p-1/b30-14+,31-23-,61-55?;/t32?,33?,34?,35?,36?,37?,38?,41-,42?,43+,44?,45?,46?,47?,48?,49?,50?,51?,52?,53?,54?,56+,57?,58?,59?,60?,65?,66+,67?;/m1./s1. The number of ketones is 1. The van der Waals surface area contributed by atoms with E-state index < -0.39 is 210 Å². The molecule has 1 spiro atoms. The van der Waals surface area contributed by atoms with Gasteiger partial charge >= 0.3 is 47.6 Å². The Labute approximate surface area is 570 Å². The third-order valence-electron chi connectivity index (χ3n) is 21.7. The number of nitrogens with zero attached hydrogens (tertiary/aromatic N) is 1. The maximum Gasteiger partial charge on any atom is 1.00 e. The van der Waals surface area contributed by atoms with E-state index in [1.807, 2.05) is 39.0 Å². The monoisotopic (exact) mass is 1330 g/mol. The first-order chi connectivity index (χ1) is 43.9. The summed E-state index contributed by atoms with van der Waals surface area (Å²) in [7, 11) is 1.14. The van der Waals surface area contributed by atoms with E-state index in [1.165, 1.54) is 26.0 Å². The van der Waals surface area contributed by atoms with Crippen LogP contribution in [-0.2, 0) is 80.8 Å². The van der Waals surface area contributed by atoms with Gasteiger partial charge in [-0.2, -0.15) is 0 Å². The van der Waals surface area contributed by atoms with Gasteiger partial charge in [-0.15, -0.1) is 5.76 Å². The fraction of sp³-hybridized carbons (Fsp3) is 0.776. The number of methoxy groups -OCH3 is 1. The Morgan fingerprint density at radius 3 is 2.00 bits per heavy atom. The number of carbonyl (C=O) groups excluding carboxylic acids is 5. The number of alkyl carbamates (subject to hydrolysis) is 1. The SMILES string of the molecule is COC(=O)NC1C(C)OC(OC2C/C=C(\C)C3C=C[C@H]4C(OC5CC(OC6CCC(OC7CC(O)C(OC8CCC(O)C(C)O8)C(C)O7)C(C)O6)C(OC(C)=O)C(C)O5)C(C)CC(C)[C@@H]4[C@@]3(C)C([O-])=C3C(=O)OC4(CC(C=O)=CC(O)[C@@H]4/C=C\2C)C3=O)CC1(C)[N+](=O)[O-].[Na+]. The van der Waals surface area contributed by atoms with Gasteiger partial charge in [0.25, 0.3) is 0 Å². The number of hydrogen-bond donors (Lipinski definition) is 4. The second-order valence-electron chi connectivity index (χ2n) is 28.2. The minimum absolute atomic E-state index is 0. The molecule has 7 fully saturated rings. The zero-order valence-corrected chi connectivity index (χ0v) is 58.4. The van der Waals surface area contributed by atoms with Crippen molar-refractivity contribution < 1.29 is 140 Å². The molecule has 94 heavy (non-hydrogen) atoms. The Morgan fingerprint density at radius 1 is 0.723 bits per heavy atom. The molecular weight excluding hydrogens is 1240 g/mol. The molecule has 0 aromatic rings. The van der Waals surface area contributed by atoms with Crippen LogP contribution in [-0.4, -0.2) is 192 Å². The van der Waals surface area contributed by atoms with Crippen molar-refractivity contribution in [2.45, 2.75) is 281 Å². The number of allylic oxidation sites excluding steroid dienone is 3. The van der Waals surface area contributed by atoms with Crippen molar-refractivity contribution in [1.29, 1.82) is 0 Å². The number of amides is 1. The van der Waals surface area contributed by atoms with E-state index in [-0.39, 0.29) is 72.6 Å². The average Bonchev–Trinajstić information content (AvgIpc) is 1.38. The quantitative estimate of drug-likeness (QED) is 0.0283. The number of esters is 2. The number of aliphatic hydroxyl groups excluding tert-OH is 3. The van der Waals surface area contributed by atoms with Crippen LogP contribution in [0.2, 0.25) is 0 Å². The van der Waals surface area contributed by atoms with Crippen LogP contribution in [0.25, 0.3) is 0 Å². The largest absolute Gasteiger partial charge is 1.00 e. The van der Waals surface area contributed by atoms with Gasteiger partial charge < -0.3 is 87.3 Å². The number of nitro groups is 1. The second-order valence-corrected chi connectivity index (χ2v) is 28.2. The molecule has 26 nitrogen and oxygen atoms in total. The van der Waals surface area contributed by atoms with Gasteiger partial charge in [-0.3, -0.25) is 24.5 Å². The third-order valence-corrected chi connectivity index (χ3v) is 21.7. The van der Waals surface area contributed by atoms with Crippen molar-refractivity contribution in [2.75, 3.05) is 7.11 Å². The Bertz CT molecular complexity index is 2960. The van der Waals surface area contributed by atoms with Crippen molar-refractivity contribution in [3.8, 4) is 0 Å². The van der Waals surface area contributed by atoms with Crippen molar-refractivity contribution in [3.05, 3.63) is 68.5 Å². The van der Waals surface area contributed by atoms with Crippen LogP contribution in [0.15, 0.2) is 58.4 Å². The van der Waals surface area contributed by atoms with E-state index in [4.69, 9.17) is 61.6 Å². The molecule has 29 atom stereocenters. The average molecular weight is 1340 g/mol. The van der Waals surface area contributed by atoms with Gasteiger partial charge in [0.05, 0.1) is 92.2 Å². The van der Waals surface area contributed by atoms with E-state index in [0.29, 0.717) is 49.5 Å². The van der Waals surface area contributed by atoms with Crippen LogP contribution >= 0.6 is 0 Å². The number of Topliss-reactive ketones (excluding diaryl/α,β-unsaturated/α-hetero) is 1. The smallest absolute Gasteiger partial charge is 0.874 e. The van der Waals surface area contributed by atoms with Crippen LogP contribution in [0.3, 0.4) is 0 Å². The molecule has 1 amide bonds. The van der Waals surface area contributed by atoms with Crippen LogP contribution in [0.4, 0.5) is 4.79 Å². The number of hydrogen-bond acceptors (Lipinski definition) is 24. The molecule has 6 saturated heterocycles. The molecule has 1 saturated carbocycles. The van der Waals surface area contributed by atoms with Gasteiger partial charge in [0.2, 0.25) is 11.3 Å². The van der Waals surface area contributed by atoms with Gasteiger partial charge in [0.1, 0.15) is 24.5 Å². The van der Waals surface area contributed by atoms with E-state index in [9.17, 15) is 44.6 Å². The first-order valence-corrected chi connectivity index (χ1v) is 33.0. The van der Waals surface area contributed by atoms with Gasteiger partial charge in [-0.25, -0.2) is 9.59 Å². The maximum absolute atomic E-state index is 16.1. The van der Waals surface area contributed by atoms with Gasteiger partial charge in [-0.05, 0) is 115 Å². The Balaban J connectivity index is 0.0000104. The Hall–Kier alpha value is -4.07. The van der Waals surface area contributed by atoms with Crippen molar-refractivity contribution in [1.82, 2.24) is 5.32 Å². The van der Waals surface area contributed by atoms with Gasteiger partial charge in [0, 0.05) is 62.7 Å². The zero-order chi connectivity index (χ0) is 67.5. The Morgan fingerprint density at radius 2 is 1.35 bits per heavy atom. The van der Waals surface area contributed by atoms with Crippen LogP contribution < -0.4 is 40.0 Å². The third kappa shape index (κ3) is 14.7. The molecule has 0 aromatic carbocycles. The first kappa shape index (κ1) is 74.2. The molecule has 6 heterocycles. The minimum atomic E-state index is -2.24. The molecule has 0 radical (unpaired) electrons. The number of ether oxygens (including phenoxy) is 13. The molecule has 4 aliphatic carbocycles. The minimum Gasteiger partial charge on any atom is -0.874 e. The summed E-state index contributed by atoms with van der Waals surface area (Å²) in [5, 5.41) is 64.8. The number of aldehydes is 1. The fourth-order valence-corrected chi connectivity index (χ4v) is 16.9. The molecule has 25 unspecified atom stereocenters. The summed E-state index contributed by atoms with van der Waals surface area (Å²) in [6, 6.07) is -1.13. The van der Waals surface area contributed by atoms with E-state index in [1.54, 1.807) is 41.5 Å². The number of carbonyl (C=O) groups is 5. The zero-order valence-electron chi connectivity index (χ0n) is 56.4. The van der Waals surface area contributed by atoms with Crippen LogP contribution in [0, 0.1) is 51.0 Å². The van der Waals surface area contributed by atoms with Gasteiger partial charge in [-0.1, -0.05) is 50.6 Å². The molecular formula is C67H95N2NaO24. The molecule has 6 aliphatic heterocycles. The summed E-state index contributed by atoms with van der Waals surface area (Å²) in [4.78, 5) is 80.3. The summed E-state index contributed by atoms with van der Waals surface area (Å²) in [6.07, 6.45) is -4.63. The van der Waals surface area contributed by atoms with Gasteiger partial charge in [0.15, 0.2) is 43.2 Å². The molecule has 518 valence electrons. The molecule has 10 rings (SSSR count). The first-order valence-electron chi connectivity index (χ1n) is 33.0. The molecule has 27 heteroatoms. The second kappa shape index (κ2) is 29.8. The number of rotatable bonds is 14.